The van der Waals surface area contributed by atoms with Crippen LogP contribution in [0.25, 0.3) is 0 Å². The molecule has 0 aliphatic carbocycles. The summed E-state index contributed by atoms with van der Waals surface area (Å²) >= 11 is 5.91. The van der Waals surface area contributed by atoms with E-state index in [4.69, 9.17) is 22.1 Å². The van der Waals surface area contributed by atoms with Crippen molar-refractivity contribution in [2.45, 2.75) is 20.8 Å². The highest BCUT2D eigenvalue weighted by Crippen LogP contribution is 2.34. The first-order chi connectivity index (χ1) is 9.81. The molecule has 0 aliphatic rings. The normalized spacial score (nSPS) is 10.5. The van der Waals surface area contributed by atoms with Crippen LogP contribution in [0.2, 0.25) is 5.02 Å². The number of nitrogen functional groups attached to an aromatic ring is 1. The summed E-state index contributed by atoms with van der Waals surface area (Å²) in [6, 6.07) is 6.08. The molecule has 2 aromatic rings. The number of anilines is 1. The Morgan fingerprint density at radius 3 is 2.52 bits per heavy atom. The molecule has 0 fully saturated rings. The second kappa shape index (κ2) is 5.74. The molecule has 0 radical (unpaired) electrons. The lowest BCUT2D eigenvalue weighted by atomic mass is 10.0. The van der Waals surface area contributed by atoms with E-state index in [2.05, 4.69) is 0 Å². The summed E-state index contributed by atoms with van der Waals surface area (Å²) in [7, 11) is 0. The Hall–Kier alpha value is -2.07. The van der Waals surface area contributed by atoms with Gasteiger partial charge >= 0.3 is 0 Å². The van der Waals surface area contributed by atoms with Gasteiger partial charge in [0.2, 0.25) is 0 Å². The zero-order valence-electron chi connectivity index (χ0n) is 12.0. The van der Waals surface area contributed by atoms with Crippen LogP contribution in [0.1, 0.15) is 28.4 Å². The van der Waals surface area contributed by atoms with Crippen LogP contribution in [-0.2, 0) is 0 Å². The molecule has 0 aromatic heterocycles. The maximum atomic E-state index is 14.1. The van der Waals surface area contributed by atoms with Crippen LogP contribution >= 0.6 is 11.6 Å². The van der Waals surface area contributed by atoms with E-state index < -0.39 is 5.82 Å². The number of aryl methyl sites for hydroxylation is 1. The van der Waals surface area contributed by atoms with Crippen LogP contribution in [0.3, 0.4) is 0 Å². The topological polar surface area (TPSA) is 52.3 Å². The van der Waals surface area contributed by atoms with Gasteiger partial charge in [-0.25, -0.2) is 4.39 Å². The average Bonchev–Trinajstić information content (AvgIpc) is 2.38. The van der Waals surface area contributed by atoms with Gasteiger partial charge in [-0.15, -0.1) is 0 Å². The Labute approximate surface area is 127 Å². The van der Waals surface area contributed by atoms with E-state index in [0.717, 1.165) is 0 Å². The van der Waals surface area contributed by atoms with E-state index >= 15 is 0 Å². The van der Waals surface area contributed by atoms with E-state index in [1.54, 1.807) is 26.0 Å². The third-order valence-electron chi connectivity index (χ3n) is 3.21. The van der Waals surface area contributed by atoms with Crippen LogP contribution in [0.5, 0.6) is 11.5 Å². The van der Waals surface area contributed by atoms with Crippen LogP contribution in [0.4, 0.5) is 10.1 Å². The molecule has 0 amide bonds. The first-order valence-corrected chi connectivity index (χ1v) is 6.72. The van der Waals surface area contributed by atoms with Crippen molar-refractivity contribution in [2.75, 3.05) is 5.73 Å². The lowest BCUT2D eigenvalue weighted by Gasteiger charge is -2.14. The lowest BCUT2D eigenvalue weighted by molar-refractivity contribution is 0.101. The van der Waals surface area contributed by atoms with Gasteiger partial charge in [0.05, 0.1) is 0 Å². The predicted octanol–water partition coefficient (Wildman–Crippen LogP) is 4.67. The van der Waals surface area contributed by atoms with Gasteiger partial charge in [-0.05, 0) is 44.5 Å². The predicted molar refractivity (Wildman–Crippen MR) is 81.8 cm³/mol. The minimum absolute atomic E-state index is 0.0161. The fraction of sp³-hybridized carbons (Fsp3) is 0.188. The first kappa shape index (κ1) is 15.3. The molecule has 110 valence electrons. The van der Waals surface area contributed by atoms with Crippen LogP contribution in [0, 0.1) is 19.7 Å². The molecule has 5 heteroatoms. The van der Waals surface area contributed by atoms with Crippen molar-refractivity contribution >= 4 is 23.1 Å². The molecule has 0 bridgehead atoms. The van der Waals surface area contributed by atoms with Gasteiger partial charge in [0.25, 0.3) is 0 Å². The van der Waals surface area contributed by atoms with Gasteiger partial charge in [-0.2, -0.15) is 0 Å². The van der Waals surface area contributed by atoms with Crippen molar-refractivity contribution in [2.24, 2.45) is 0 Å². The van der Waals surface area contributed by atoms with E-state index in [0.29, 0.717) is 33.1 Å². The number of hydrogen-bond donors (Lipinski definition) is 1. The zero-order valence-corrected chi connectivity index (χ0v) is 12.7. The van der Waals surface area contributed by atoms with Crippen molar-refractivity contribution in [3.05, 3.63) is 51.8 Å². The molecule has 0 saturated heterocycles. The van der Waals surface area contributed by atoms with Crippen molar-refractivity contribution < 1.29 is 13.9 Å². The highest BCUT2D eigenvalue weighted by atomic mass is 35.5. The number of ketones is 1. The summed E-state index contributed by atoms with van der Waals surface area (Å²) in [6.45, 7) is 4.73. The average molecular weight is 308 g/mol. The smallest absolute Gasteiger partial charge is 0.168 e. The number of benzene rings is 2. The largest absolute Gasteiger partial charge is 0.454 e. The molecule has 2 N–H and O–H groups in total. The standard InChI is InChI=1S/C16H15ClFNO2/c1-8-6-11(17)7-14(16(8)18)21-13-5-4-12(19)15(9(13)2)10(3)20/h4-7H,19H2,1-3H3. The molecule has 0 heterocycles. The van der Waals surface area contributed by atoms with Gasteiger partial charge in [0.15, 0.2) is 17.3 Å². The summed E-state index contributed by atoms with van der Waals surface area (Å²) in [5.74, 6) is -0.268. The van der Waals surface area contributed by atoms with Crippen LogP contribution in [0.15, 0.2) is 24.3 Å². The molecule has 0 saturated carbocycles. The Morgan fingerprint density at radius 2 is 1.90 bits per heavy atom. The van der Waals surface area contributed by atoms with Crippen molar-refractivity contribution in [1.82, 2.24) is 0 Å². The number of carbonyl (C=O) groups excluding carboxylic acids is 1. The molecule has 3 nitrogen and oxygen atoms in total. The number of carbonyl (C=O) groups is 1. The Bertz CT molecular complexity index is 729. The minimum Gasteiger partial charge on any atom is -0.454 e. The Kier molecular flexibility index (Phi) is 4.19. The van der Waals surface area contributed by atoms with Crippen molar-refractivity contribution in [3.8, 4) is 11.5 Å². The van der Waals surface area contributed by atoms with E-state index in [-0.39, 0.29) is 11.5 Å². The second-order valence-corrected chi connectivity index (χ2v) is 5.28. The molecular weight excluding hydrogens is 293 g/mol. The maximum Gasteiger partial charge on any atom is 0.168 e. The van der Waals surface area contributed by atoms with Crippen molar-refractivity contribution in [3.63, 3.8) is 0 Å². The molecule has 0 aliphatic heterocycles. The fourth-order valence-electron chi connectivity index (χ4n) is 2.18. The number of hydrogen-bond acceptors (Lipinski definition) is 3. The Balaban J connectivity index is 2.51. The number of rotatable bonds is 3. The van der Waals surface area contributed by atoms with Gasteiger partial charge in [0, 0.05) is 27.9 Å². The van der Waals surface area contributed by atoms with Crippen LogP contribution in [-0.4, -0.2) is 5.78 Å². The molecule has 0 spiro atoms. The monoisotopic (exact) mass is 307 g/mol. The quantitative estimate of drug-likeness (QED) is 0.662. The van der Waals surface area contributed by atoms with Gasteiger partial charge in [0.1, 0.15) is 5.75 Å². The molecule has 0 atom stereocenters. The third-order valence-corrected chi connectivity index (χ3v) is 3.42. The van der Waals surface area contributed by atoms with Crippen LogP contribution < -0.4 is 10.5 Å². The highest BCUT2D eigenvalue weighted by Gasteiger charge is 2.16. The highest BCUT2D eigenvalue weighted by molar-refractivity contribution is 6.30. The number of nitrogens with two attached hydrogens (primary N) is 1. The van der Waals surface area contributed by atoms with Gasteiger partial charge in [-0.3, -0.25) is 4.79 Å². The first-order valence-electron chi connectivity index (χ1n) is 6.34. The third kappa shape index (κ3) is 3.00. The minimum atomic E-state index is -0.486. The number of ether oxygens (including phenoxy) is 1. The van der Waals surface area contributed by atoms with Gasteiger partial charge in [-0.1, -0.05) is 11.6 Å². The Morgan fingerprint density at radius 1 is 1.24 bits per heavy atom. The molecule has 0 unspecified atom stereocenters. The molecular formula is C16H15ClFNO2. The zero-order chi connectivity index (χ0) is 15.7. The SMILES string of the molecule is CC(=O)c1c(N)ccc(Oc2cc(Cl)cc(C)c2F)c1C. The number of Topliss-reactive ketones (excluding diaryl/α,β-unsaturated/α-hetero) is 1. The summed E-state index contributed by atoms with van der Waals surface area (Å²) in [5, 5.41) is 0.379. The second-order valence-electron chi connectivity index (χ2n) is 4.85. The van der Waals surface area contributed by atoms with E-state index in [1.807, 2.05) is 0 Å². The summed E-state index contributed by atoms with van der Waals surface area (Å²) in [4.78, 5) is 11.6. The summed E-state index contributed by atoms with van der Waals surface area (Å²) in [5.41, 5.74) is 7.50. The lowest BCUT2D eigenvalue weighted by Crippen LogP contribution is -2.04. The number of halogens is 2. The fourth-order valence-corrected chi connectivity index (χ4v) is 2.44. The van der Waals surface area contributed by atoms with E-state index in [9.17, 15) is 9.18 Å². The van der Waals surface area contributed by atoms with Gasteiger partial charge < -0.3 is 10.5 Å². The van der Waals surface area contributed by atoms with E-state index in [1.165, 1.54) is 19.1 Å². The maximum absolute atomic E-state index is 14.1. The van der Waals surface area contributed by atoms with Crippen molar-refractivity contribution in [1.29, 1.82) is 0 Å². The molecule has 21 heavy (non-hydrogen) atoms. The molecule has 2 aromatic carbocycles. The summed E-state index contributed by atoms with van der Waals surface area (Å²) in [6.07, 6.45) is 0. The molecule has 2 rings (SSSR count). The summed E-state index contributed by atoms with van der Waals surface area (Å²) < 4.78 is 19.6.